The average Bonchev–Trinajstić information content (AvgIpc) is 2.61. The zero-order valence-corrected chi connectivity index (χ0v) is 10.3. The van der Waals surface area contributed by atoms with E-state index in [1.807, 2.05) is 26.8 Å². The van der Waals surface area contributed by atoms with Crippen LogP contribution in [0.2, 0.25) is 5.02 Å². The Morgan fingerprint density at radius 3 is 2.69 bits per heavy atom. The molecule has 16 heavy (non-hydrogen) atoms. The first-order chi connectivity index (χ1) is 7.39. The quantitative estimate of drug-likeness (QED) is 0.801. The lowest BCUT2D eigenvalue weighted by Gasteiger charge is -2.26. The zero-order chi connectivity index (χ0) is 11.9. The van der Waals surface area contributed by atoms with E-state index in [1.165, 1.54) is 0 Å². The van der Waals surface area contributed by atoms with Gasteiger partial charge in [0, 0.05) is 16.0 Å². The fourth-order valence-corrected chi connectivity index (χ4v) is 1.96. The Balaban J connectivity index is 2.63. The fourth-order valence-electron chi connectivity index (χ4n) is 1.73. The summed E-state index contributed by atoms with van der Waals surface area (Å²) < 4.78 is 0. The van der Waals surface area contributed by atoms with Crippen LogP contribution in [0.3, 0.4) is 0 Å². The minimum absolute atomic E-state index is 0.233. The molecular weight excluding hydrogens is 224 g/mol. The lowest BCUT2D eigenvalue weighted by Crippen LogP contribution is -2.18. The molecule has 1 aromatic carbocycles. The van der Waals surface area contributed by atoms with Gasteiger partial charge in [0.1, 0.15) is 0 Å². The third-order valence-electron chi connectivity index (χ3n) is 2.66. The lowest BCUT2D eigenvalue weighted by molar-refractivity contribution is 0.0638. The molecule has 1 atom stereocenters. The number of hydrogen-bond donors (Lipinski definition) is 2. The number of hydrogen-bond acceptors (Lipinski definition) is 2. The molecule has 0 aliphatic heterocycles. The molecule has 1 unspecified atom stereocenters. The number of fused-ring (bicyclic) bond motifs is 1. The number of aromatic amines is 1. The number of aliphatic hydroxyl groups excluding tert-OH is 1. The number of H-pyrrole nitrogens is 1. The molecule has 0 spiro atoms. The summed E-state index contributed by atoms with van der Waals surface area (Å²) in [7, 11) is 0. The second kappa shape index (κ2) is 3.75. The van der Waals surface area contributed by atoms with E-state index in [4.69, 9.17) is 11.6 Å². The molecule has 0 fully saturated rings. The molecule has 0 saturated carbocycles. The smallest absolute Gasteiger partial charge is 0.0859 e. The van der Waals surface area contributed by atoms with Crippen molar-refractivity contribution in [1.82, 2.24) is 10.2 Å². The van der Waals surface area contributed by atoms with E-state index in [-0.39, 0.29) is 5.41 Å². The first-order valence-electron chi connectivity index (χ1n) is 5.20. The number of aromatic nitrogens is 2. The largest absolute Gasteiger partial charge is 0.388 e. The number of benzene rings is 1. The molecule has 2 aromatic rings. The topological polar surface area (TPSA) is 48.9 Å². The maximum absolute atomic E-state index is 10.3. The molecule has 2 rings (SSSR count). The normalized spacial score (nSPS) is 14.3. The predicted molar refractivity (Wildman–Crippen MR) is 65.5 cm³/mol. The van der Waals surface area contributed by atoms with Crippen molar-refractivity contribution < 1.29 is 5.11 Å². The molecule has 0 amide bonds. The fraction of sp³-hybridized carbons (Fsp3) is 0.417. The van der Waals surface area contributed by atoms with Crippen LogP contribution in [0.15, 0.2) is 18.3 Å². The van der Waals surface area contributed by atoms with Crippen molar-refractivity contribution in [2.45, 2.75) is 26.9 Å². The van der Waals surface area contributed by atoms with Crippen LogP contribution in [0.1, 0.15) is 32.4 Å². The van der Waals surface area contributed by atoms with Crippen LogP contribution in [0.25, 0.3) is 10.9 Å². The summed E-state index contributed by atoms with van der Waals surface area (Å²) in [6.45, 7) is 5.96. The van der Waals surface area contributed by atoms with Gasteiger partial charge in [-0.1, -0.05) is 32.4 Å². The Morgan fingerprint density at radius 1 is 1.38 bits per heavy atom. The van der Waals surface area contributed by atoms with E-state index in [0.29, 0.717) is 5.02 Å². The number of nitrogens with one attached hydrogen (secondary N) is 1. The standard InChI is InChI=1S/C12H15ClN2O/c1-12(2,3)11(16)9-5-8(13)4-7-6-14-15-10(7)9/h4-6,11,16H,1-3H3,(H,14,15). The maximum Gasteiger partial charge on any atom is 0.0859 e. The average molecular weight is 239 g/mol. The first kappa shape index (κ1) is 11.4. The van der Waals surface area contributed by atoms with Gasteiger partial charge in [0.25, 0.3) is 0 Å². The second-order valence-corrected chi connectivity index (χ2v) is 5.53. The van der Waals surface area contributed by atoms with Crippen molar-refractivity contribution >= 4 is 22.5 Å². The van der Waals surface area contributed by atoms with E-state index >= 15 is 0 Å². The Kier molecular flexibility index (Phi) is 2.68. The monoisotopic (exact) mass is 238 g/mol. The minimum Gasteiger partial charge on any atom is -0.388 e. The summed E-state index contributed by atoms with van der Waals surface area (Å²) in [5.74, 6) is 0. The second-order valence-electron chi connectivity index (χ2n) is 5.10. The first-order valence-corrected chi connectivity index (χ1v) is 5.58. The van der Waals surface area contributed by atoms with E-state index < -0.39 is 6.10 Å². The Morgan fingerprint density at radius 2 is 2.06 bits per heavy atom. The van der Waals surface area contributed by atoms with Crippen molar-refractivity contribution in [1.29, 1.82) is 0 Å². The molecule has 0 aliphatic rings. The van der Waals surface area contributed by atoms with Crippen LogP contribution in [0, 0.1) is 5.41 Å². The van der Waals surface area contributed by atoms with Crippen LogP contribution >= 0.6 is 11.6 Å². The summed E-state index contributed by atoms with van der Waals surface area (Å²) in [5.41, 5.74) is 1.42. The highest BCUT2D eigenvalue weighted by Gasteiger charge is 2.26. The molecule has 86 valence electrons. The highest BCUT2D eigenvalue weighted by atomic mass is 35.5. The summed E-state index contributed by atoms with van der Waals surface area (Å²) in [6, 6.07) is 3.62. The van der Waals surface area contributed by atoms with Gasteiger partial charge in [-0.15, -0.1) is 0 Å². The highest BCUT2D eigenvalue weighted by molar-refractivity contribution is 6.31. The van der Waals surface area contributed by atoms with Crippen molar-refractivity contribution in [3.63, 3.8) is 0 Å². The Bertz CT molecular complexity index is 513. The molecule has 0 radical (unpaired) electrons. The highest BCUT2D eigenvalue weighted by Crippen LogP contribution is 2.36. The van der Waals surface area contributed by atoms with Gasteiger partial charge in [0.05, 0.1) is 17.8 Å². The summed E-state index contributed by atoms with van der Waals surface area (Å²) in [5, 5.41) is 18.7. The SMILES string of the molecule is CC(C)(C)C(O)c1cc(Cl)cc2cn[nH]c12. The van der Waals surface area contributed by atoms with Gasteiger partial charge in [-0.3, -0.25) is 5.10 Å². The Hall–Kier alpha value is -1.06. The van der Waals surface area contributed by atoms with E-state index in [0.717, 1.165) is 16.5 Å². The van der Waals surface area contributed by atoms with Crippen LogP contribution < -0.4 is 0 Å². The summed E-state index contributed by atoms with van der Waals surface area (Å²) in [4.78, 5) is 0. The van der Waals surface area contributed by atoms with E-state index in [1.54, 1.807) is 12.3 Å². The molecule has 0 saturated heterocycles. The third kappa shape index (κ3) is 1.93. The van der Waals surface area contributed by atoms with Crippen LogP contribution in [-0.4, -0.2) is 15.3 Å². The lowest BCUT2D eigenvalue weighted by atomic mass is 9.84. The summed E-state index contributed by atoms with van der Waals surface area (Å²) >= 11 is 6.02. The van der Waals surface area contributed by atoms with Gasteiger partial charge < -0.3 is 5.11 Å². The molecule has 1 heterocycles. The number of rotatable bonds is 1. The Labute approximate surface area is 99.4 Å². The zero-order valence-electron chi connectivity index (χ0n) is 9.58. The molecule has 2 N–H and O–H groups in total. The molecular formula is C12H15ClN2O. The van der Waals surface area contributed by atoms with Gasteiger partial charge in [-0.25, -0.2) is 0 Å². The maximum atomic E-state index is 10.3. The van der Waals surface area contributed by atoms with Crippen molar-refractivity contribution in [3.05, 3.63) is 28.9 Å². The molecule has 0 bridgehead atoms. The van der Waals surface area contributed by atoms with Crippen molar-refractivity contribution in [2.24, 2.45) is 5.41 Å². The van der Waals surface area contributed by atoms with Crippen LogP contribution in [0.5, 0.6) is 0 Å². The van der Waals surface area contributed by atoms with Gasteiger partial charge in [0.2, 0.25) is 0 Å². The predicted octanol–water partition coefficient (Wildman–Crippen LogP) is 3.30. The van der Waals surface area contributed by atoms with Gasteiger partial charge in [-0.2, -0.15) is 5.10 Å². The molecule has 0 aliphatic carbocycles. The number of halogens is 1. The van der Waals surface area contributed by atoms with Crippen LogP contribution in [-0.2, 0) is 0 Å². The van der Waals surface area contributed by atoms with Gasteiger partial charge >= 0.3 is 0 Å². The van der Waals surface area contributed by atoms with Gasteiger partial charge in [0.15, 0.2) is 0 Å². The minimum atomic E-state index is -0.575. The molecule has 4 heteroatoms. The molecule has 3 nitrogen and oxygen atoms in total. The van der Waals surface area contributed by atoms with Gasteiger partial charge in [-0.05, 0) is 17.5 Å². The van der Waals surface area contributed by atoms with Crippen molar-refractivity contribution in [2.75, 3.05) is 0 Å². The molecule has 1 aromatic heterocycles. The van der Waals surface area contributed by atoms with E-state index in [9.17, 15) is 5.11 Å². The van der Waals surface area contributed by atoms with Crippen molar-refractivity contribution in [3.8, 4) is 0 Å². The van der Waals surface area contributed by atoms with E-state index in [2.05, 4.69) is 10.2 Å². The number of nitrogens with zero attached hydrogens (tertiary/aromatic N) is 1. The van der Waals surface area contributed by atoms with Crippen LogP contribution in [0.4, 0.5) is 0 Å². The number of aliphatic hydroxyl groups is 1. The third-order valence-corrected chi connectivity index (χ3v) is 2.88. The summed E-state index contributed by atoms with van der Waals surface area (Å²) in [6.07, 6.45) is 1.13.